The van der Waals surface area contributed by atoms with Crippen molar-refractivity contribution in [3.63, 3.8) is 0 Å². The van der Waals surface area contributed by atoms with Gasteiger partial charge in [-0.1, -0.05) is 6.07 Å². The van der Waals surface area contributed by atoms with Crippen molar-refractivity contribution < 1.29 is 9.21 Å². The minimum absolute atomic E-state index is 0. The highest BCUT2D eigenvalue weighted by molar-refractivity contribution is 5.92. The maximum Gasteiger partial charge on any atom is 0.226 e. The zero-order valence-corrected chi connectivity index (χ0v) is 13.0. The lowest BCUT2D eigenvalue weighted by Crippen LogP contribution is -2.14. The van der Waals surface area contributed by atoms with Crippen molar-refractivity contribution in [3.8, 4) is 11.5 Å². The first kappa shape index (κ1) is 17.2. The fraction of sp³-hybridized carbons (Fsp3) is 0.333. The van der Waals surface area contributed by atoms with Gasteiger partial charge in [-0.15, -0.1) is 12.4 Å². The van der Waals surface area contributed by atoms with E-state index in [1.165, 1.54) is 0 Å². The minimum Gasteiger partial charge on any atom is -0.444 e. The zero-order chi connectivity index (χ0) is 14.5. The van der Waals surface area contributed by atoms with Crippen molar-refractivity contribution in [2.75, 3.05) is 11.9 Å². The summed E-state index contributed by atoms with van der Waals surface area (Å²) in [5.74, 6) is 0.527. The van der Waals surface area contributed by atoms with Crippen molar-refractivity contribution in [1.82, 2.24) is 4.98 Å². The number of amides is 1. The summed E-state index contributed by atoms with van der Waals surface area (Å²) >= 11 is 0. The van der Waals surface area contributed by atoms with Crippen molar-refractivity contribution in [1.29, 1.82) is 0 Å². The highest BCUT2D eigenvalue weighted by Gasteiger charge is 2.09. The van der Waals surface area contributed by atoms with E-state index in [2.05, 4.69) is 10.3 Å². The molecular formula is C15H20ClN3O2. The molecule has 2 aromatic rings. The van der Waals surface area contributed by atoms with Crippen molar-refractivity contribution in [3.05, 3.63) is 35.7 Å². The molecule has 0 aliphatic heterocycles. The van der Waals surface area contributed by atoms with Crippen LogP contribution in [0.3, 0.4) is 0 Å². The van der Waals surface area contributed by atoms with Gasteiger partial charge in [0, 0.05) is 17.7 Å². The number of halogens is 1. The summed E-state index contributed by atoms with van der Waals surface area (Å²) in [7, 11) is 0. The Bertz CT molecular complexity index is 611. The SMILES string of the molecule is Cc1coc(-c2ccc(C)c(NC(=O)CCCN)c2)n1.Cl. The van der Waals surface area contributed by atoms with Gasteiger partial charge in [0.05, 0.1) is 5.69 Å². The summed E-state index contributed by atoms with van der Waals surface area (Å²) in [5.41, 5.74) is 8.85. The fourth-order valence-electron chi connectivity index (χ4n) is 1.85. The highest BCUT2D eigenvalue weighted by atomic mass is 35.5. The van der Waals surface area contributed by atoms with Crippen molar-refractivity contribution in [2.24, 2.45) is 5.73 Å². The Labute approximate surface area is 130 Å². The lowest BCUT2D eigenvalue weighted by atomic mass is 10.1. The normalized spacial score (nSPS) is 10.0. The third-order valence-corrected chi connectivity index (χ3v) is 2.99. The fourth-order valence-corrected chi connectivity index (χ4v) is 1.85. The maximum absolute atomic E-state index is 11.8. The van der Waals surface area contributed by atoms with Gasteiger partial charge in [-0.05, 0) is 44.5 Å². The number of nitrogens with two attached hydrogens (primary N) is 1. The molecule has 0 saturated heterocycles. The van der Waals surface area contributed by atoms with E-state index in [1.807, 2.05) is 32.0 Å². The summed E-state index contributed by atoms with van der Waals surface area (Å²) in [4.78, 5) is 16.1. The van der Waals surface area contributed by atoms with Crippen LogP contribution in [-0.4, -0.2) is 17.4 Å². The summed E-state index contributed by atoms with van der Waals surface area (Å²) in [6.45, 7) is 4.34. The van der Waals surface area contributed by atoms with Gasteiger partial charge in [-0.2, -0.15) is 0 Å². The summed E-state index contributed by atoms with van der Waals surface area (Å²) < 4.78 is 5.37. The van der Waals surface area contributed by atoms with E-state index in [0.29, 0.717) is 25.3 Å². The van der Waals surface area contributed by atoms with Crippen LogP contribution in [0.2, 0.25) is 0 Å². The van der Waals surface area contributed by atoms with Crippen molar-refractivity contribution in [2.45, 2.75) is 26.7 Å². The Morgan fingerprint density at radius 3 is 2.76 bits per heavy atom. The van der Waals surface area contributed by atoms with E-state index in [-0.39, 0.29) is 18.3 Å². The molecule has 0 atom stereocenters. The number of carbonyl (C=O) groups is 1. The average molecular weight is 310 g/mol. The number of oxazole rings is 1. The molecule has 2 rings (SSSR count). The predicted molar refractivity (Wildman–Crippen MR) is 85.6 cm³/mol. The van der Waals surface area contributed by atoms with Crippen LogP contribution in [-0.2, 0) is 4.79 Å². The second-order valence-electron chi connectivity index (χ2n) is 4.76. The Morgan fingerprint density at radius 1 is 1.38 bits per heavy atom. The Morgan fingerprint density at radius 2 is 2.14 bits per heavy atom. The van der Waals surface area contributed by atoms with Crippen LogP contribution in [0.4, 0.5) is 5.69 Å². The molecule has 0 saturated carbocycles. The molecule has 21 heavy (non-hydrogen) atoms. The third kappa shape index (κ3) is 4.58. The lowest BCUT2D eigenvalue weighted by molar-refractivity contribution is -0.116. The van der Waals surface area contributed by atoms with Crippen LogP contribution in [0.5, 0.6) is 0 Å². The monoisotopic (exact) mass is 309 g/mol. The van der Waals surface area contributed by atoms with Crippen molar-refractivity contribution >= 4 is 24.0 Å². The first-order valence-corrected chi connectivity index (χ1v) is 6.63. The molecular weight excluding hydrogens is 290 g/mol. The van der Waals surface area contributed by atoms with Crippen LogP contribution < -0.4 is 11.1 Å². The Hall–Kier alpha value is -1.85. The molecule has 6 heteroatoms. The molecule has 1 amide bonds. The van der Waals surface area contributed by atoms with Gasteiger partial charge in [0.1, 0.15) is 6.26 Å². The molecule has 1 heterocycles. The Balaban J connectivity index is 0.00000220. The summed E-state index contributed by atoms with van der Waals surface area (Å²) in [6, 6.07) is 5.74. The third-order valence-electron chi connectivity index (χ3n) is 2.99. The summed E-state index contributed by atoms with van der Waals surface area (Å²) in [5, 5.41) is 2.90. The number of aryl methyl sites for hydroxylation is 2. The minimum atomic E-state index is -0.0284. The van der Waals surface area contributed by atoms with Crippen LogP contribution in [0.1, 0.15) is 24.1 Å². The van der Waals surface area contributed by atoms with Gasteiger partial charge >= 0.3 is 0 Å². The number of anilines is 1. The van der Waals surface area contributed by atoms with Crippen LogP contribution in [0, 0.1) is 13.8 Å². The number of aromatic nitrogens is 1. The molecule has 0 unspecified atom stereocenters. The average Bonchev–Trinajstić information content (AvgIpc) is 2.85. The second-order valence-corrected chi connectivity index (χ2v) is 4.76. The van der Waals surface area contributed by atoms with E-state index in [1.54, 1.807) is 6.26 Å². The zero-order valence-electron chi connectivity index (χ0n) is 12.2. The number of benzene rings is 1. The van der Waals surface area contributed by atoms with Crippen LogP contribution >= 0.6 is 12.4 Å². The standard InChI is InChI=1S/C15H19N3O2.ClH/c1-10-5-6-12(15-17-11(2)9-20-15)8-13(10)18-14(19)4-3-7-16;/h5-6,8-9H,3-4,7,16H2,1-2H3,(H,18,19);1H. The molecule has 3 N–H and O–H groups in total. The van der Waals surface area contributed by atoms with E-state index in [0.717, 1.165) is 22.5 Å². The van der Waals surface area contributed by atoms with E-state index in [9.17, 15) is 4.79 Å². The van der Waals surface area contributed by atoms with Gasteiger partial charge in [0.25, 0.3) is 0 Å². The smallest absolute Gasteiger partial charge is 0.226 e. The van der Waals surface area contributed by atoms with Crippen LogP contribution in [0.25, 0.3) is 11.5 Å². The number of nitrogens with one attached hydrogen (secondary N) is 1. The number of hydrogen-bond acceptors (Lipinski definition) is 4. The predicted octanol–water partition coefficient (Wildman–Crippen LogP) is 3.06. The van der Waals surface area contributed by atoms with Gasteiger partial charge < -0.3 is 15.5 Å². The van der Waals surface area contributed by atoms with E-state index >= 15 is 0 Å². The van der Waals surface area contributed by atoms with Gasteiger partial charge in [0.2, 0.25) is 11.8 Å². The second kappa shape index (κ2) is 7.81. The number of carbonyl (C=O) groups excluding carboxylic acids is 1. The van der Waals surface area contributed by atoms with Gasteiger partial charge in [-0.25, -0.2) is 4.98 Å². The largest absolute Gasteiger partial charge is 0.444 e. The summed E-state index contributed by atoms with van der Waals surface area (Å²) in [6.07, 6.45) is 2.72. The molecule has 1 aromatic carbocycles. The molecule has 0 spiro atoms. The number of rotatable bonds is 5. The van der Waals surface area contributed by atoms with Gasteiger partial charge in [0.15, 0.2) is 0 Å². The molecule has 0 bridgehead atoms. The maximum atomic E-state index is 11.8. The molecule has 0 aliphatic rings. The number of nitrogens with zero attached hydrogens (tertiary/aromatic N) is 1. The lowest BCUT2D eigenvalue weighted by Gasteiger charge is -2.09. The molecule has 5 nitrogen and oxygen atoms in total. The van der Waals surface area contributed by atoms with E-state index in [4.69, 9.17) is 10.2 Å². The number of hydrogen-bond donors (Lipinski definition) is 2. The van der Waals surface area contributed by atoms with E-state index < -0.39 is 0 Å². The quantitative estimate of drug-likeness (QED) is 0.889. The molecule has 1 aromatic heterocycles. The Kier molecular flexibility index (Phi) is 6.39. The highest BCUT2D eigenvalue weighted by Crippen LogP contribution is 2.25. The first-order chi connectivity index (χ1) is 9.60. The van der Waals surface area contributed by atoms with Crippen LogP contribution in [0.15, 0.2) is 28.9 Å². The topological polar surface area (TPSA) is 81.2 Å². The molecule has 0 fully saturated rings. The molecule has 0 radical (unpaired) electrons. The molecule has 0 aliphatic carbocycles. The first-order valence-electron chi connectivity index (χ1n) is 6.63. The van der Waals surface area contributed by atoms with Gasteiger partial charge in [-0.3, -0.25) is 4.79 Å². The molecule has 114 valence electrons.